The highest BCUT2D eigenvalue weighted by atomic mass is 32.2. The Morgan fingerprint density at radius 3 is 2.58 bits per heavy atom. The van der Waals surface area contributed by atoms with E-state index in [1.165, 1.54) is 6.07 Å². The maximum atomic E-state index is 13.4. The van der Waals surface area contributed by atoms with Crippen molar-refractivity contribution in [1.29, 1.82) is 0 Å². The third-order valence-electron chi connectivity index (χ3n) is 2.44. The van der Waals surface area contributed by atoms with Crippen LogP contribution in [0.15, 0.2) is 23.1 Å². The van der Waals surface area contributed by atoms with Gasteiger partial charge >= 0.3 is 5.97 Å². The van der Waals surface area contributed by atoms with Gasteiger partial charge in [0.15, 0.2) is 5.60 Å². The number of carbonyl (C=O) groups is 1. The van der Waals surface area contributed by atoms with E-state index in [9.17, 15) is 22.7 Å². The van der Waals surface area contributed by atoms with E-state index in [4.69, 9.17) is 5.11 Å². The quantitative estimate of drug-likeness (QED) is 0.721. The molecule has 1 aromatic carbocycles. The zero-order valence-corrected chi connectivity index (χ0v) is 11.2. The van der Waals surface area contributed by atoms with Gasteiger partial charge in [-0.15, -0.1) is 0 Å². The van der Waals surface area contributed by atoms with Crippen molar-refractivity contribution in [3.05, 3.63) is 29.6 Å². The molecule has 6 nitrogen and oxygen atoms in total. The average molecular weight is 291 g/mol. The lowest BCUT2D eigenvalue weighted by Gasteiger charge is -2.18. The number of aliphatic carboxylic acids is 1. The first-order chi connectivity index (χ1) is 8.56. The summed E-state index contributed by atoms with van der Waals surface area (Å²) in [6.45, 7) is 1.76. The Hall–Kier alpha value is -1.51. The van der Waals surface area contributed by atoms with E-state index in [-0.39, 0.29) is 0 Å². The summed E-state index contributed by atoms with van der Waals surface area (Å²) in [6, 6.07) is 3.52. The molecule has 0 saturated heterocycles. The molecule has 8 heteroatoms. The number of sulfonamides is 1. The average Bonchev–Trinajstić information content (AvgIpc) is 2.30. The fourth-order valence-electron chi connectivity index (χ4n) is 1.21. The fourth-order valence-corrected chi connectivity index (χ4v) is 2.50. The molecule has 0 amide bonds. The lowest BCUT2D eigenvalue weighted by Crippen LogP contribution is -2.46. The molecular formula is C11H14FNO5S. The maximum absolute atomic E-state index is 13.4. The molecule has 0 fully saturated rings. The zero-order valence-electron chi connectivity index (χ0n) is 10.3. The van der Waals surface area contributed by atoms with Crippen LogP contribution in [-0.4, -0.2) is 36.7 Å². The van der Waals surface area contributed by atoms with Crippen molar-refractivity contribution in [2.24, 2.45) is 0 Å². The predicted molar refractivity (Wildman–Crippen MR) is 64.6 cm³/mol. The molecule has 0 aliphatic heterocycles. The molecule has 1 aromatic rings. The molecule has 0 aliphatic rings. The van der Waals surface area contributed by atoms with Crippen LogP contribution in [-0.2, 0) is 14.8 Å². The number of aliphatic hydroxyl groups is 1. The van der Waals surface area contributed by atoms with Gasteiger partial charge in [0.05, 0.1) is 6.54 Å². The Bertz CT molecular complexity index is 597. The SMILES string of the molecule is Cc1ccc(F)c(S(=O)(=O)NCC(C)(O)C(=O)O)c1. The molecular weight excluding hydrogens is 277 g/mol. The van der Waals surface area contributed by atoms with Gasteiger partial charge in [-0.05, 0) is 31.5 Å². The molecule has 1 rings (SSSR count). The number of rotatable bonds is 5. The van der Waals surface area contributed by atoms with Gasteiger partial charge in [-0.2, -0.15) is 0 Å². The number of hydrogen-bond donors (Lipinski definition) is 3. The van der Waals surface area contributed by atoms with Crippen LogP contribution in [0.2, 0.25) is 0 Å². The van der Waals surface area contributed by atoms with Crippen molar-refractivity contribution < 1.29 is 27.8 Å². The van der Waals surface area contributed by atoms with E-state index >= 15 is 0 Å². The molecule has 0 bridgehead atoms. The molecule has 0 spiro atoms. The van der Waals surface area contributed by atoms with Crippen molar-refractivity contribution >= 4 is 16.0 Å². The van der Waals surface area contributed by atoms with Crippen molar-refractivity contribution in [3.63, 3.8) is 0 Å². The topological polar surface area (TPSA) is 104 Å². The third-order valence-corrected chi connectivity index (χ3v) is 3.86. The minimum Gasteiger partial charge on any atom is -0.479 e. The first kappa shape index (κ1) is 15.5. The minimum absolute atomic E-state index is 0.534. The van der Waals surface area contributed by atoms with Gasteiger partial charge in [0, 0.05) is 0 Å². The maximum Gasteiger partial charge on any atom is 0.336 e. The van der Waals surface area contributed by atoms with Gasteiger partial charge in [-0.25, -0.2) is 22.3 Å². The van der Waals surface area contributed by atoms with Gasteiger partial charge in [0.1, 0.15) is 10.7 Å². The second kappa shape index (κ2) is 5.24. The molecule has 0 radical (unpaired) electrons. The van der Waals surface area contributed by atoms with Crippen LogP contribution >= 0.6 is 0 Å². The van der Waals surface area contributed by atoms with Crippen molar-refractivity contribution in [2.45, 2.75) is 24.3 Å². The smallest absolute Gasteiger partial charge is 0.336 e. The molecule has 0 aromatic heterocycles. The lowest BCUT2D eigenvalue weighted by molar-refractivity contribution is -0.155. The summed E-state index contributed by atoms with van der Waals surface area (Å²) in [6.07, 6.45) is 0. The van der Waals surface area contributed by atoms with E-state index in [2.05, 4.69) is 0 Å². The second-order valence-electron chi connectivity index (χ2n) is 4.34. The predicted octanol–water partition coefficient (Wildman–Crippen LogP) is 0.248. The number of aryl methyl sites for hydroxylation is 1. The molecule has 1 atom stereocenters. The number of carboxylic acid groups (broad SMARTS) is 1. The Kier molecular flexibility index (Phi) is 4.28. The molecule has 3 N–H and O–H groups in total. The molecule has 0 saturated carbocycles. The van der Waals surface area contributed by atoms with Gasteiger partial charge in [0.2, 0.25) is 10.0 Å². The van der Waals surface area contributed by atoms with Crippen molar-refractivity contribution in [3.8, 4) is 0 Å². The standard InChI is InChI=1S/C11H14FNO5S/c1-7-3-4-8(12)9(5-7)19(17,18)13-6-11(2,16)10(14)15/h3-5,13,16H,6H2,1-2H3,(H,14,15). The Balaban J connectivity index is 3.00. The summed E-state index contributed by atoms with van der Waals surface area (Å²) < 4.78 is 39.0. The summed E-state index contributed by atoms with van der Waals surface area (Å²) in [4.78, 5) is 10.0. The number of nitrogens with one attached hydrogen (secondary N) is 1. The first-order valence-corrected chi connectivity index (χ1v) is 6.76. The van der Waals surface area contributed by atoms with Crippen LogP contribution in [0.4, 0.5) is 4.39 Å². The molecule has 0 aliphatic carbocycles. The van der Waals surface area contributed by atoms with E-state index in [1.807, 2.05) is 4.72 Å². The normalized spacial score (nSPS) is 14.9. The first-order valence-electron chi connectivity index (χ1n) is 5.28. The van der Waals surface area contributed by atoms with Gasteiger partial charge in [-0.3, -0.25) is 0 Å². The number of carboxylic acids is 1. The lowest BCUT2D eigenvalue weighted by atomic mass is 10.1. The molecule has 19 heavy (non-hydrogen) atoms. The number of benzene rings is 1. The Morgan fingerprint density at radius 2 is 2.05 bits per heavy atom. The van der Waals surface area contributed by atoms with E-state index in [1.54, 1.807) is 6.92 Å². The van der Waals surface area contributed by atoms with E-state index < -0.39 is 38.9 Å². The Labute approximate surface area is 109 Å². The highest BCUT2D eigenvalue weighted by molar-refractivity contribution is 7.89. The minimum atomic E-state index is -4.23. The summed E-state index contributed by atoms with van der Waals surface area (Å²) in [7, 11) is -4.23. The highest BCUT2D eigenvalue weighted by Gasteiger charge is 2.32. The Morgan fingerprint density at radius 1 is 1.47 bits per heavy atom. The van der Waals surface area contributed by atoms with Gasteiger partial charge in [-0.1, -0.05) is 6.07 Å². The fraction of sp³-hybridized carbons (Fsp3) is 0.364. The van der Waals surface area contributed by atoms with Crippen molar-refractivity contribution in [1.82, 2.24) is 4.72 Å². The van der Waals surface area contributed by atoms with Crippen LogP contribution < -0.4 is 4.72 Å². The number of halogens is 1. The summed E-state index contributed by atoms with van der Waals surface area (Å²) in [5.74, 6) is -2.53. The summed E-state index contributed by atoms with van der Waals surface area (Å²) in [5, 5.41) is 18.1. The van der Waals surface area contributed by atoms with Crippen LogP contribution in [0.25, 0.3) is 0 Å². The summed E-state index contributed by atoms with van der Waals surface area (Å²) in [5.41, 5.74) is -1.74. The van der Waals surface area contributed by atoms with Crippen LogP contribution in [0.1, 0.15) is 12.5 Å². The van der Waals surface area contributed by atoms with E-state index in [0.29, 0.717) is 5.56 Å². The third kappa shape index (κ3) is 3.72. The number of hydrogen-bond acceptors (Lipinski definition) is 4. The van der Waals surface area contributed by atoms with E-state index in [0.717, 1.165) is 19.1 Å². The molecule has 0 heterocycles. The van der Waals surface area contributed by atoms with Crippen LogP contribution in [0.3, 0.4) is 0 Å². The largest absolute Gasteiger partial charge is 0.479 e. The van der Waals surface area contributed by atoms with Crippen LogP contribution in [0, 0.1) is 12.7 Å². The van der Waals surface area contributed by atoms with Gasteiger partial charge < -0.3 is 10.2 Å². The summed E-state index contributed by atoms with van der Waals surface area (Å²) >= 11 is 0. The van der Waals surface area contributed by atoms with Crippen molar-refractivity contribution in [2.75, 3.05) is 6.54 Å². The monoisotopic (exact) mass is 291 g/mol. The zero-order chi connectivity index (χ0) is 14.8. The molecule has 1 unspecified atom stereocenters. The second-order valence-corrected chi connectivity index (χ2v) is 6.07. The van der Waals surface area contributed by atoms with Gasteiger partial charge in [0.25, 0.3) is 0 Å². The molecule has 106 valence electrons. The highest BCUT2D eigenvalue weighted by Crippen LogP contribution is 2.16. The van der Waals surface area contributed by atoms with Crippen LogP contribution in [0.5, 0.6) is 0 Å².